The number of benzene rings is 1. The number of nitrogens with one attached hydrogen (secondary N) is 2. The highest BCUT2D eigenvalue weighted by molar-refractivity contribution is 6.33. The first-order valence-electron chi connectivity index (χ1n) is 5.15. The average molecular weight is 242 g/mol. The maximum absolute atomic E-state index is 11.5. The van der Waals surface area contributed by atoms with Gasteiger partial charge in [-0.25, -0.2) is 4.79 Å². The fourth-order valence-electron chi connectivity index (χ4n) is 1.27. The Kier molecular flexibility index (Phi) is 5.08. The summed E-state index contributed by atoms with van der Waals surface area (Å²) in [4.78, 5) is 11.5. The number of halogens is 1. The molecule has 2 amide bonds. The van der Waals surface area contributed by atoms with E-state index in [2.05, 4.69) is 10.6 Å². The van der Waals surface area contributed by atoms with Gasteiger partial charge in [0.15, 0.2) is 0 Å². The Labute approximate surface area is 100 Å². The lowest BCUT2D eigenvalue weighted by Crippen LogP contribution is -2.37. The molecule has 0 saturated heterocycles. The summed E-state index contributed by atoms with van der Waals surface area (Å²) >= 11 is 5.90. The van der Waals surface area contributed by atoms with Crippen molar-refractivity contribution in [2.24, 2.45) is 5.73 Å². The van der Waals surface area contributed by atoms with E-state index < -0.39 is 0 Å². The molecule has 1 rings (SSSR count). The normalized spacial score (nSPS) is 11.9. The predicted molar refractivity (Wildman–Crippen MR) is 66.7 cm³/mol. The molecule has 0 aliphatic rings. The van der Waals surface area contributed by atoms with Crippen molar-refractivity contribution >= 4 is 23.3 Å². The first-order valence-corrected chi connectivity index (χ1v) is 5.53. The molecular weight excluding hydrogens is 226 g/mol. The molecule has 0 spiro atoms. The van der Waals surface area contributed by atoms with Crippen LogP contribution in [0.5, 0.6) is 0 Å². The first-order chi connectivity index (χ1) is 7.63. The van der Waals surface area contributed by atoms with Gasteiger partial charge in [0.2, 0.25) is 0 Å². The van der Waals surface area contributed by atoms with Crippen molar-refractivity contribution < 1.29 is 4.79 Å². The quantitative estimate of drug-likeness (QED) is 0.757. The molecule has 1 unspecified atom stereocenters. The van der Waals surface area contributed by atoms with E-state index in [-0.39, 0.29) is 12.1 Å². The molecule has 0 heterocycles. The fourth-order valence-corrected chi connectivity index (χ4v) is 1.45. The van der Waals surface area contributed by atoms with Crippen LogP contribution >= 0.6 is 11.6 Å². The number of amides is 2. The second kappa shape index (κ2) is 6.35. The van der Waals surface area contributed by atoms with E-state index >= 15 is 0 Å². The van der Waals surface area contributed by atoms with Gasteiger partial charge in [0, 0.05) is 6.04 Å². The zero-order valence-electron chi connectivity index (χ0n) is 9.16. The summed E-state index contributed by atoms with van der Waals surface area (Å²) in [6.45, 7) is 2.45. The SMILES string of the molecule is CC(CCN)NC(=O)Nc1ccccc1Cl. The number of para-hydroxylation sites is 1. The molecule has 0 radical (unpaired) electrons. The van der Waals surface area contributed by atoms with Crippen LogP contribution in [0.4, 0.5) is 10.5 Å². The third kappa shape index (κ3) is 4.08. The Bertz CT molecular complexity index is 357. The molecule has 0 saturated carbocycles. The van der Waals surface area contributed by atoms with Crippen LogP contribution in [0.1, 0.15) is 13.3 Å². The average Bonchev–Trinajstić information content (AvgIpc) is 2.21. The van der Waals surface area contributed by atoms with Gasteiger partial charge in [-0.1, -0.05) is 23.7 Å². The number of nitrogens with two attached hydrogens (primary N) is 1. The van der Waals surface area contributed by atoms with E-state index in [4.69, 9.17) is 17.3 Å². The number of urea groups is 1. The lowest BCUT2D eigenvalue weighted by atomic mass is 10.2. The van der Waals surface area contributed by atoms with E-state index in [9.17, 15) is 4.79 Å². The van der Waals surface area contributed by atoms with Crippen molar-refractivity contribution in [3.8, 4) is 0 Å². The fraction of sp³-hybridized carbons (Fsp3) is 0.364. The van der Waals surface area contributed by atoms with Crippen molar-refractivity contribution in [3.63, 3.8) is 0 Å². The zero-order chi connectivity index (χ0) is 12.0. The highest BCUT2D eigenvalue weighted by Gasteiger charge is 2.07. The molecule has 0 bridgehead atoms. The maximum atomic E-state index is 11.5. The van der Waals surface area contributed by atoms with E-state index in [0.717, 1.165) is 6.42 Å². The Morgan fingerprint density at radius 2 is 2.19 bits per heavy atom. The first kappa shape index (κ1) is 12.8. The van der Waals surface area contributed by atoms with E-state index in [0.29, 0.717) is 17.3 Å². The van der Waals surface area contributed by atoms with Gasteiger partial charge in [-0.3, -0.25) is 0 Å². The molecule has 1 atom stereocenters. The number of carbonyl (C=O) groups is 1. The van der Waals surface area contributed by atoms with Crippen LogP contribution in [-0.4, -0.2) is 18.6 Å². The number of anilines is 1. The number of hydrogen-bond acceptors (Lipinski definition) is 2. The van der Waals surface area contributed by atoms with Crippen molar-refractivity contribution in [2.45, 2.75) is 19.4 Å². The van der Waals surface area contributed by atoms with Crippen molar-refractivity contribution in [1.29, 1.82) is 0 Å². The van der Waals surface area contributed by atoms with Crippen LogP contribution in [0.25, 0.3) is 0 Å². The number of hydrogen-bond donors (Lipinski definition) is 3. The Hall–Kier alpha value is -1.26. The molecule has 1 aromatic carbocycles. The van der Waals surface area contributed by atoms with Crippen LogP contribution in [-0.2, 0) is 0 Å². The zero-order valence-corrected chi connectivity index (χ0v) is 9.92. The van der Waals surface area contributed by atoms with Crippen molar-refractivity contribution in [3.05, 3.63) is 29.3 Å². The van der Waals surface area contributed by atoms with Gasteiger partial charge in [-0.2, -0.15) is 0 Å². The third-order valence-corrected chi connectivity index (χ3v) is 2.43. The Morgan fingerprint density at radius 3 is 2.81 bits per heavy atom. The summed E-state index contributed by atoms with van der Waals surface area (Å²) in [5.41, 5.74) is 5.99. The summed E-state index contributed by atoms with van der Waals surface area (Å²) in [6.07, 6.45) is 0.746. The van der Waals surface area contributed by atoms with Gasteiger partial charge in [0.1, 0.15) is 0 Å². The molecule has 1 aromatic rings. The molecule has 0 aliphatic heterocycles. The van der Waals surface area contributed by atoms with Crippen LogP contribution < -0.4 is 16.4 Å². The smallest absolute Gasteiger partial charge is 0.319 e. The minimum Gasteiger partial charge on any atom is -0.335 e. The van der Waals surface area contributed by atoms with Crippen LogP contribution in [0.2, 0.25) is 5.02 Å². The van der Waals surface area contributed by atoms with E-state index in [1.807, 2.05) is 19.1 Å². The second-order valence-corrected chi connectivity index (χ2v) is 3.96. The largest absolute Gasteiger partial charge is 0.335 e. The molecule has 0 fully saturated rings. The van der Waals surface area contributed by atoms with E-state index in [1.165, 1.54) is 0 Å². The topological polar surface area (TPSA) is 67.1 Å². The van der Waals surface area contributed by atoms with Crippen LogP contribution in [0, 0.1) is 0 Å². The standard InChI is InChI=1S/C11H16ClN3O/c1-8(6-7-13)14-11(16)15-10-5-3-2-4-9(10)12/h2-5,8H,6-7,13H2,1H3,(H2,14,15,16). The minimum atomic E-state index is -0.269. The molecule has 4 nitrogen and oxygen atoms in total. The number of rotatable bonds is 4. The predicted octanol–water partition coefficient (Wildman–Crippen LogP) is 2.20. The van der Waals surface area contributed by atoms with Crippen molar-refractivity contribution in [2.75, 3.05) is 11.9 Å². The van der Waals surface area contributed by atoms with Crippen LogP contribution in [0.15, 0.2) is 24.3 Å². The second-order valence-electron chi connectivity index (χ2n) is 3.56. The molecule has 4 N–H and O–H groups in total. The van der Waals surface area contributed by atoms with Crippen LogP contribution in [0.3, 0.4) is 0 Å². The summed E-state index contributed by atoms with van der Waals surface area (Å²) in [7, 11) is 0. The highest BCUT2D eigenvalue weighted by Crippen LogP contribution is 2.20. The Morgan fingerprint density at radius 1 is 1.50 bits per heavy atom. The van der Waals surface area contributed by atoms with Gasteiger partial charge < -0.3 is 16.4 Å². The maximum Gasteiger partial charge on any atom is 0.319 e. The molecule has 0 aromatic heterocycles. The van der Waals surface area contributed by atoms with Gasteiger partial charge in [0.05, 0.1) is 10.7 Å². The monoisotopic (exact) mass is 241 g/mol. The molecule has 88 valence electrons. The highest BCUT2D eigenvalue weighted by atomic mass is 35.5. The van der Waals surface area contributed by atoms with Gasteiger partial charge in [-0.05, 0) is 32.0 Å². The van der Waals surface area contributed by atoms with Gasteiger partial charge >= 0.3 is 6.03 Å². The number of carbonyl (C=O) groups excluding carboxylic acids is 1. The van der Waals surface area contributed by atoms with Crippen molar-refractivity contribution in [1.82, 2.24) is 5.32 Å². The molecule has 0 aliphatic carbocycles. The summed E-state index contributed by atoms with van der Waals surface area (Å²) < 4.78 is 0. The van der Waals surface area contributed by atoms with Gasteiger partial charge in [0.25, 0.3) is 0 Å². The minimum absolute atomic E-state index is 0.0486. The van der Waals surface area contributed by atoms with E-state index in [1.54, 1.807) is 12.1 Å². The third-order valence-electron chi connectivity index (χ3n) is 2.10. The van der Waals surface area contributed by atoms with Gasteiger partial charge in [-0.15, -0.1) is 0 Å². The molecule has 5 heteroatoms. The summed E-state index contributed by atoms with van der Waals surface area (Å²) in [5.74, 6) is 0. The molecule has 16 heavy (non-hydrogen) atoms. The lowest BCUT2D eigenvalue weighted by molar-refractivity contribution is 0.249. The summed E-state index contributed by atoms with van der Waals surface area (Å²) in [6, 6.07) is 6.87. The Balaban J connectivity index is 2.49. The molecular formula is C11H16ClN3O. The summed E-state index contributed by atoms with van der Waals surface area (Å²) in [5, 5.41) is 5.96. The lowest BCUT2D eigenvalue weighted by Gasteiger charge is -2.14.